The van der Waals surface area contributed by atoms with Gasteiger partial charge in [-0.15, -0.1) is 0 Å². The van der Waals surface area contributed by atoms with Gasteiger partial charge in [0.1, 0.15) is 0 Å². The van der Waals surface area contributed by atoms with E-state index in [2.05, 4.69) is 45.0 Å². The molecule has 1 saturated heterocycles. The van der Waals surface area contributed by atoms with Gasteiger partial charge in [0.25, 0.3) is 0 Å². The van der Waals surface area contributed by atoms with Crippen LogP contribution in [0, 0.1) is 0 Å². The highest BCUT2D eigenvalue weighted by molar-refractivity contribution is 5.80. The quantitative estimate of drug-likeness (QED) is 0.356. The molecule has 0 spiro atoms. The Hall–Kier alpha value is -3.52. The first-order valence-corrected chi connectivity index (χ1v) is 14.7. The minimum Gasteiger partial charge on any atom is -0.350 e. The second-order valence-electron chi connectivity index (χ2n) is 11.5. The summed E-state index contributed by atoms with van der Waals surface area (Å²) >= 11 is 0. The number of hydrogen-bond acceptors (Lipinski definition) is 6. The summed E-state index contributed by atoms with van der Waals surface area (Å²) in [7, 11) is 0. The van der Waals surface area contributed by atoms with E-state index in [1.165, 1.54) is 12.5 Å². The van der Waals surface area contributed by atoms with Crippen LogP contribution in [0.5, 0.6) is 0 Å². The lowest BCUT2D eigenvalue weighted by atomic mass is 9.92. The SMILES string of the molecule is CC(=O)NC1(CC(=O)N[C@@H](CCN2CCC(c3nc(Cc4ccccc4)no3)CC2)c2ccccc2)CCCC1. The van der Waals surface area contributed by atoms with Crippen LogP contribution < -0.4 is 10.6 Å². The van der Waals surface area contributed by atoms with Crippen molar-refractivity contribution >= 4 is 11.8 Å². The van der Waals surface area contributed by atoms with E-state index in [0.29, 0.717) is 12.8 Å². The zero-order valence-electron chi connectivity index (χ0n) is 23.5. The topological polar surface area (TPSA) is 100 Å². The first kappa shape index (κ1) is 28.0. The molecule has 1 aliphatic carbocycles. The standard InChI is InChI=1S/C32H41N5O3/c1-24(38)35-32(17-8-9-18-32)23-30(39)33-28(26-12-6-3-7-13-26)16-21-37-19-14-27(15-20-37)31-34-29(36-40-31)22-25-10-4-2-5-11-25/h2-7,10-13,27-28H,8-9,14-23H2,1H3,(H,33,39)(H,35,38)/t28-/m0/s1. The first-order valence-electron chi connectivity index (χ1n) is 14.7. The maximum Gasteiger partial charge on any atom is 0.229 e. The summed E-state index contributed by atoms with van der Waals surface area (Å²) in [5.41, 5.74) is 1.88. The lowest BCUT2D eigenvalue weighted by Crippen LogP contribution is -2.49. The maximum absolute atomic E-state index is 13.2. The molecular weight excluding hydrogens is 502 g/mol. The summed E-state index contributed by atoms with van der Waals surface area (Å²) in [5, 5.41) is 10.6. The largest absolute Gasteiger partial charge is 0.350 e. The Bertz CT molecular complexity index is 1230. The van der Waals surface area contributed by atoms with Crippen molar-refractivity contribution in [3.8, 4) is 0 Å². The molecule has 40 heavy (non-hydrogen) atoms. The van der Waals surface area contributed by atoms with E-state index in [9.17, 15) is 9.59 Å². The molecule has 3 aromatic rings. The fourth-order valence-electron chi connectivity index (χ4n) is 6.33. The van der Waals surface area contributed by atoms with Crippen molar-refractivity contribution in [1.29, 1.82) is 0 Å². The third-order valence-corrected chi connectivity index (χ3v) is 8.40. The van der Waals surface area contributed by atoms with Gasteiger partial charge < -0.3 is 20.1 Å². The number of likely N-dealkylation sites (tertiary alicyclic amines) is 1. The molecule has 0 bridgehead atoms. The van der Waals surface area contributed by atoms with Gasteiger partial charge in [0, 0.05) is 37.8 Å². The Kier molecular flexibility index (Phi) is 9.26. The molecule has 2 amide bonds. The van der Waals surface area contributed by atoms with E-state index in [4.69, 9.17) is 9.51 Å². The van der Waals surface area contributed by atoms with Crippen molar-refractivity contribution in [2.75, 3.05) is 19.6 Å². The minimum atomic E-state index is -0.408. The summed E-state index contributed by atoms with van der Waals surface area (Å²) in [6.45, 7) is 4.35. The van der Waals surface area contributed by atoms with Crippen molar-refractivity contribution in [3.63, 3.8) is 0 Å². The molecule has 212 valence electrons. The van der Waals surface area contributed by atoms with Crippen LogP contribution >= 0.6 is 0 Å². The number of nitrogens with one attached hydrogen (secondary N) is 2. The molecule has 1 saturated carbocycles. The number of nitrogens with zero attached hydrogens (tertiary/aromatic N) is 3. The normalized spacial score (nSPS) is 18.3. The highest BCUT2D eigenvalue weighted by atomic mass is 16.5. The lowest BCUT2D eigenvalue weighted by molar-refractivity contribution is -0.125. The second-order valence-corrected chi connectivity index (χ2v) is 11.5. The van der Waals surface area contributed by atoms with Gasteiger partial charge in [0.05, 0.1) is 6.04 Å². The Balaban J connectivity index is 1.13. The van der Waals surface area contributed by atoms with Crippen molar-refractivity contribution in [1.82, 2.24) is 25.7 Å². The minimum absolute atomic E-state index is 0.00547. The predicted molar refractivity (Wildman–Crippen MR) is 154 cm³/mol. The molecule has 1 atom stereocenters. The predicted octanol–water partition coefficient (Wildman–Crippen LogP) is 4.93. The summed E-state index contributed by atoms with van der Waals surface area (Å²) in [6, 6.07) is 20.4. The molecule has 1 aliphatic heterocycles. The fraction of sp³-hybridized carbons (Fsp3) is 0.500. The van der Waals surface area contributed by atoms with Crippen LogP contribution in [0.15, 0.2) is 65.2 Å². The number of carbonyl (C=O) groups is 2. The van der Waals surface area contributed by atoms with Crippen LogP contribution in [0.3, 0.4) is 0 Å². The third-order valence-electron chi connectivity index (χ3n) is 8.40. The van der Waals surface area contributed by atoms with Crippen LogP contribution in [-0.4, -0.2) is 52.0 Å². The van der Waals surface area contributed by atoms with E-state index >= 15 is 0 Å². The van der Waals surface area contributed by atoms with E-state index in [-0.39, 0.29) is 23.8 Å². The highest BCUT2D eigenvalue weighted by Crippen LogP contribution is 2.33. The zero-order valence-corrected chi connectivity index (χ0v) is 23.5. The third kappa shape index (κ3) is 7.56. The second kappa shape index (κ2) is 13.2. The average molecular weight is 544 g/mol. The average Bonchev–Trinajstić information content (AvgIpc) is 3.62. The van der Waals surface area contributed by atoms with Crippen LogP contribution in [0.2, 0.25) is 0 Å². The molecule has 0 radical (unpaired) electrons. The molecule has 2 aromatic carbocycles. The van der Waals surface area contributed by atoms with Crippen LogP contribution in [0.4, 0.5) is 0 Å². The Morgan fingerprint density at radius 1 is 1.02 bits per heavy atom. The molecule has 2 aliphatic rings. The summed E-state index contributed by atoms with van der Waals surface area (Å²) in [5.74, 6) is 1.72. The zero-order chi connectivity index (χ0) is 27.8. The van der Waals surface area contributed by atoms with Crippen LogP contribution in [0.25, 0.3) is 0 Å². The Morgan fingerprint density at radius 3 is 2.38 bits per heavy atom. The Morgan fingerprint density at radius 2 is 1.70 bits per heavy atom. The number of hydrogen-bond donors (Lipinski definition) is 2. The highest BCUT2D eigenvalue weighted by Gasteiger charge is 2.37. The van der Waals surface area contributed by atoms with Crippen molar-refractivity contribution in [3.05, 3.63) is 83.5 Å². The van der Waals surface area contributed by atoms with Gasteiger partial charge in [-0.2, -0.15) is 4.98 Å². The van der Waals surface area contributed by atoms with E-state index in [0.717, 1.165) is 81.9 Å². The van der Waals surface area contributed by atoms with Gasteiger partial charge in [-0.25, -0.2) is 0 Å². The molecule has 2 N–H and O–H groups in total. The Labute approximate surface area is 236 Å². The maximum atomic E-state index is 13.2. The molecule has 5 rings (SSSR count). The summed E-state index contributed by atoms with van der Waals surface area (Å²) < 4.78 is 5.64. The van der Waals surface area contributed by atoms with E-state index in [1.54, 1.807) is 0 Å². The van der Waals surface area contributed by atoms with Crippen LogP contribution in [-0.2, 0) is 16.0 Å². The van der Waals surface area contributed by atoms with Gasteiger partial charge >= 0.3 is 0 Å². The van der Waals surface area contributed by atoms with Crippen molar-refractivity contribution < 1.29 is 14.1 Å². The number of aromatic nitrogens is 2. The summed E-state index contributed by atoms with van der Waals surface area (Å²) in [4.78, 5) is 32.2. The number of carbonyl (C=O) groups excluding carboxylic acids is 2. The molecule has 1 aromatic heterocycles. The van der Waals surface area contributed by atoms with Gasteiger partial charge in [-0.05, 0) is 56.3 Å². The van der Waals surface area contributed by atoms with Gasteiger partial charge in [0.15, 0.2) is 5.82 Å². The smallest absolute Gasteiger partial charge is 0.229 e. The molecule has 0 unspecified atom stereocenters. The van der Waals surface area contributed by atoms with Crippen molar-refractivity contribution in [2.45, 2.75) is 82.2 Å². The van der Waals surface area contributed by atoms with Gasteiger partial charge in [0.2, 0.25) is 17.7 Å². The van der Waals surface area contributed by atoms with E-state index < -0.39 is 5.54 Å². The lowest BCUT2D eigenvalue weighted by Gasteiger charge is -2.32. The van der Waals surface area contributed by atoms with Crippen molar-refractivity contribution in [2.24, 2.45) is 0 Å². The van der Waals surface area contributed by atoms with Gasteiger partial charge in [-0.1, -0.05) is 78.7 Å². The first-order chi connectivity index (χ1) is 19.5. The number of benzene rings is 2. The van der Waals surface area contributed by atoms with Gasteiger partial charge in [-0.3, -0.25) is 9.59 Å². The monoisotopic (exact) mass is 543 g/mol. The molecular formula is C32H41N5O3. The fourth-order valence-corrected chi connectivity index (χ4v) is 6.33. The van der Waals surface area contributed by atoms with E-state index in [1.807, 2.05) is 36.4 Å². The molecule has 8 nitrogen and oxygen atoms in total. The number of rotatable bonds is 11. The van der Waals surface area contributed by atoms with Crippen LogP contribution in [0.1, 0.15) is 93.1 Å². The number of piperidine rings is 1. The molecule has 8 heteroatoms. The number of amides is 2. The molecule has 2 heterocycles. The molecule has 2 fully saturated rings. The summed E-state index contributed by atoms with van der Waals surface area (Å²) in [6.07, 6.45) is 7.61.